The second-order valence-electron chi connectivity index (χ2n) is 4.09. The van der Waals surface area contributed by atoms with Gasteiger partial charge in [0, 0.05) is 17.7 Å². The zero-order valence-electron chi connectivity index (χ0n) is 10.5. The molecule has 0 heterocycles. The maximum Gasteiger partial charge on any atom is 0.164 e. The molecule has 0 aromatic heterocycles. The van der Waals surface area contributed by atoms with Gasteiger partial charge < -0.3 is 14.6 Å². The van der Waals surface area contributed by atoms with E-state index in [1.54, 1.807) is 13.2 Å². The third-order valence-corrected chi connectivity index (χ3v) is 2.49. The number of aliphatic hydroxyl groups is 1. The van der Waals surface area contributed by atoms with Crippen LogP contribution < -0.4 is 9.47 Å². The number of methoxy groups -OCH3 is 1. The Morgan fingerprint density at radius 2 is 2.06 bits per heavy atom. The summed E-state index contributed by atoms with van der Waals surface area (Å²) in [6.07, 6.45) is 1.46. The zero-order valence-corrected chi connectivity index (χ0v) is 11.3. The van der Waals surface area contributed by atoms with Crippen LogP contribution in [-0.2, 0) is 6.42 Å². The number of aliphatic hydroxyl groups excluding tert-OH is 1. The van der Waals surface area contributed by atoms with Crippen LogP contribution in [0.15, 0.2) is 12.1 Å². The van der Waals surface area contributed by atoms with Crippen LogP contribution in [0.3, 0.4) is 0 Å². The average Bonchev–Trinajstić information content (AvgIpc) is 2.28. The van der Waals surface area contributed by atoms with Crippen molar-refractivity contribution in [2.45, 2.75) is 32.8 Å². The minimum atomic E-state index is 0.0675. The summed E-state index contributed by atoms with van der Waals surface area (Å²) in [5.74, 6) is 1.36. The third-order valence-electron chi connectivity index (χ3n) is 2.27. The van der Waals surface area contributed by atoms with Gasteiger partial charge in [-0.15, -0.1) is 0 Å². The van der Waals surface area contributed by atoms with E-state index in [2.05, 4.69) is 0 Å². The van der Waals surface area contributed by atoms with Crippen LogP contribution in [0.25, 0.3) is 0 Å². The molecule has 1 rings (SSSR count). The van der Waals surface area contributed by atoms with Crippen LogP contribution in [-0.4, -0.2) is 24.9 Å². The quantitative estimate of drug-likeness (QED) is 0.852. The van der Waals surface area contributed by atoms with E-state index in [4.69, 9.17) is 26.2 Å². The maximum atomic E-state index is 8.89. The molecule has 17 heavy (non-hydrogen) atoms. The number of benzene rings is 1. The first kappa shape index (κ1) is 14.1. The van der Waals surface area contributed by atoms with Crippen molar-refractivity contribution in [1.29, 1.82) is 0 Å². The molecule has 1 aromatic carbocycles. The van der Waals surface area contributed by atoms with Gasteiger partial charge in [0.15, 0.2) is 11.5 Å². The highest BCUT2D eigenvalue weighted by atomic mass is 35.5. The predicted octanol–water partition coefficient (Wildman–Crippen LogP) is 3.06. The fraction of sp³-hybridized carbons (Fsp3) is 0.538. The van der Waals surface area contributed by atoms with Gasteiger partial charge in [-0.05, 0) is 38.3 Å². The lowest BCUT2D eigenvalue weighted by Gasteiger charge is -2.17. The molecule has 0 spiro atoms. The summed E-state index contributed by atoms with van der Waals surface area (Å²) in [4.78, 5) is 0. The SMILES string of the molecule is COc1cc(Cl)cc(CCCO)c1OC(C)C. The fourth-order valence-electron chi connectivity index (χ4n) is 1.60. The van der Waals surface area contributed by atoms with E-state index in [1.165, 1.54) is 0 Å². The Bertz CT molecular complexity index is 364. The summed E-state index contributed by atoms with van der Waals surface area (Å²) in [7, 11) is 1.59. The average molecular weight is 259 g/mol. The predicted molar refractivity (Wildman–Crippen MR) is 69.2 cm³/mol. The Morgan fingerprint density at radius 1 is 1.35 bits per heavy atom. The van der Waals surface area contributed by atoms with Crippen molar-refractivity contribution in [1.82, 2.24) is 0 Å². The highest BCUT2D eigenvalue weighted by Gasteiger charge is 2.13. The highest BCUT2D eigenvalue weighted by molar-refractivity contribution is 6.30. The Kier molecular flexibility index (Phi) is 5.59. The molecular formula is C13H19ClO3. The smallest absolute Gasteiger partial charge is 0.164 e. The lowest BCUT2D eigenvalue weighted by atomic mass is 10.1. The Balaban J connectivity index is 3.08. The highest BCUT2D eigenvalue weighted by Crippen LogP contribution is 2.36. The maximum absolute atomic E-state index is 8.89. The van der Waals surface area contributed by atoms with E-state index < -0.39 is 0 Å². The number of aryl methyl sites for hydroxylation is 1. The molecule has 0 atom stereocenters. The number of hydrogen-bond donors (Lipinski definition) is 1. The van der Waals surface area contributed by atoms with Crippen molar-refractivity contribution >= 4 is 11.6 Å². The topological polar surface area (TPSA) is 38.7 Å². The van der Waals surface area contributed by atoms with Gasteiger partial charge in [0.2, 0.25) is 0 Å². The van der Waals surface area contributed by atoms with Crippen molar-refractivity contribution in [2.24, 2.45) is 0 Å². The molecule has 0 radical (unpaired) electrons. The van der Waals surface area contributed by atoms with Gasteiger partial charge in [-0.3, -0.25) is 0 Å². The molecule has 1 N–H and O–H groups in total. The molecule has 0 saturated heterocycles. The van der Waals surface area contributed by atoms with Gasteiger partial charge in [-0.1, -0.05) is 11.6 Å². The first-order valence-electron chi connectivity index (χ1n) is 5.72. The summed E-state index contributed by atoms with van der Waals surface area (Å²) in [6.45, 7) is 4.07. The monoisotopic (exact) mass is 258 g/mol. The molecule has 0 fully saturated rings. The van der Waals surface area contributed by atoms with Gasteiger partial charge in [0.1, 0.15) is 0 Å². The number of rotatable bonds is 6. The zero-order chi connectivity index (χ0) is 12.8. The fourth-order valence-corrected chi connectivity index (χ4v) is 1.83. The van der Waals surface area contributed by atoms with Crippen LogP contribution in [0.2, 0.25) is 5.02 Å². The molecular weight excluding hydrogens is 240 g/mol. The van der Waals surface area contributed by atoms with Gasteiger partial charge >= 0.3 is 0 Å². The summed E-state index contributed by atoms with van der Waals surface area (Å²) < 4.78 is 11.0. The third kappa shape index (κ3) is 4.10. The number of halogens is 1. The molecule has 0 aliphatic rings. The first-order chi connectivity index (χ1) is 8.08. The van der Waals surface area contributed by atoms with Crippen LogP contribution >= 0.6 is 11.6 Å². The van der Waals surface area contributed by atoms with E-state index >= 15 is 0 Å². The van der Waals surface area contributed by atoms with E-state index in [1.807, 2.05) is 19.9 Å². The minimum absolute atomic E-state index is 0.0675. The van der Waals surface area contributed by atoms with E-state index in [9.17, 15) is 0 Å². The normalized spacial score (nSPS) is 10.7. The number of hydrogen-bond acceptors (Lipinski definition) is 3. The van der Waals surface area contributed by atoms with Crippen LogP contribution in [0.4, 0.5) is 0 Å². The van der Waals surface area contributed by atoms with Gasteiger partial charge in [0.25, 0.3) is 0 Å². The standard InChI is InChI=1S/C13H19ClO3/c1-9(2)17-13-10(5-4-6-15)7-11(14)8-12(13)16-3/h7-9,15H,4-6H2,1-3H3. The molecule has 0 bridgehead atoms. The van der Waals surface area contributed by atoms with Crippen molar-refractivity contribution < 1.29 is 14.6 Å². The molecule has 0 aliphatic heterocycles. The van der Waals surface area contributed by atoms with Gasteiger partial charge in [0.05, 0.1) is 13.2 Å². The lowest BCUT2D eigenvalue weighted by molar-refractivity contribution is 0.226. The van der Waals surface area contributed by atoms with Crippen molar-refractivity contribution in [2.75, 3.05) is 13.7 Å². The molecule has 4 heteroatoms. The molecule has 1 aromatic rings. The molecule has 0 amide bonds. The molecule has 0 unspecified atom stereocenters. The minimum Gasteiger partial charge on any atom is -0.493 e. The van der Waals surface area contributed by atoms with Gasteiger partial charge in [-0.25, -0.2) is 0 Å². The van der Waals surface area contributed by atoms with Crippen LogP contribution in [0, 0.1) is 0 Å². The summed E-state index contributed by atoms with van der Waals surface area (Å²) in [5.41, 5.74) is 0.970. The number of ether oxygens (including phenoxy) is 2. The summed E-state index contributed by atoms with van der Waals surface area (Å²) in [6, 6.07) is 3.60. The Hall–Kier alpha value is -0.930. The second kappa shape index (κ2) is 6.72. The van der Waals surface area contributed by atoms with E-state index in [-0.39, 0.29) is 12.7 Å². The van der Waals surface area contributed by atoms with Gasteiger partial charge in [-0.2, -0.15) is 0 Å². The van der Waals surface area contributed by atoms with E-state index in [0.29, 0.717) is 17.2 Å². The summed E-state index contributed by atoms with van der Waals surface area (Å²) >= 11 is 6.02. The molecule has 0 saturated carbocycles. The lowest BCUT2D eigenvalue weighted by Crippen LogP contribution is -2.09. The second-order valence-corrected chi connectivity index (χ2v) is 4.53. The largest absolute Gasteiger partial charge is 0.493 e. The molecule has 3 nitrogen and oxygen atoms in total. The Morgan fingerprint density at radius 3 is 2.59 bits per heavy atom. The first-order valence-corrected chi connectivity index (χ1v) is 6.10. The van der Waals surface area contributed by atoms with Crippen molar-refractivity contribution in [3.63, 3.8) is 0 Å². The molecule has 0 aliphatic carbocycles. The van der Waals surface area contributed by atoms with Crippen molar-refractivity contribution in [3.8, 4) is 11.5 Å². The van der Waals surface area contributed by atoms with Crippen molar-refractivity contribution in [3.05, 3.63) is 22.7 Å². The molecule has 96 valence electrons. The van der Waals surface area contributed by atoms with Crippen LogP contribution in [0.5, 0.6) is 11.5 Å². The summed E-state index contributed by atoms with van der Waals surface area (Å²) in [5, 5.41) is 9.51. The Labute approximate surface area is 107 Å². The van der Waals surface area contributed by atoms with Crippen LogP contribution in [0.1, 0.15) is 25.8 Å². The van der Waals surface area contributed by atoms with E-state index in [0.717, 1.165) is 17.7 Å².